The number of carbonyl (C=O) groups excluding carboxylic acids is 1. The number of aryl methyl sites for hydroxylation is 1. The van der Waals surface area contributed by atoms with Crippen LogP contribution in [0.2, 0.25) is 0 Å². The number of rotatable bonds is 6. The van der Waals surface area contributed by atoms with Crippen LogP contribution in [0.5, 0.6) is 0 Å². The summed E-state index contributed by atoms with van der Waals surface area (Å²) in [5, 5.41) is 13.6. The summed E-state index contributed by atoms with van der Waals surface area (Å²) in [6, 6.07) is 0.199. The molecule has 2 N–H and O–H groups in total. The fraction of sp³-hybridized carbons (Fsp3) is 0.700. The number of aromatic nitrogens is 3. The van der Waals surface area contributed by atoms with Crippen molar-refractivity contribution in [1.29, 1.82) is 0 Å². The van der Waals surface area contributed by atoms with Gasteiger partial charge in [0.1, 0.15) is 6.33 Å². The van der Waals surface area contributed by atoms with Crippen LogP contribution in [0.4, 0.5) is 0 Å². The zero-order chi connectivity index (χ0) is 12.0. The van der Waals surface area contributed by atoms with Gasteiger partial charge in [0, 0.05) is 19.5 Å². The van der Waals surface area contributed by atoms with Crippen molar-refractivity contribution < 1.29 is 4.79 Å². The van der Waals surface area contributed by atoms with E-state index in [2.05, 4.69) is 20.8 Å². The molecule has 1 unspecified atom stereocenters. The van der Waals surface area contributed by atoms with Gasteiger partial charge in [-0.05, 0) is 13.5 Å². The summed E-state index contributed by atoms with van der Waals surface area (Å²) in [6.07, 6.45) is 2.09. The van der Waals surface area contributed by atoms with Gasteiger partial charge in [0.05, 0.1) is 6.54 Å². The molecule has 1 atom stereocenters. The van der Waals surface area contributed by atoms with E-state index in [4.69, 9.17) is 0 Å². The third kappa shape index (κ3) is 3.98. The van der Waals surface area contributed by atoms with Crippen molar-refractivity contribution >= 4 is 5.91 Å². The first-order chi connectivity index (χ1) is 7.63. The molecule has 0 bridgehead atoms. The number of amides is 1. The second-order valence-electron chi connectivity index (χ2n) is 3.80. The predicted molar refractivity (Wildman–Crippen MR) is 60.6 cm³/mol. The number of nitrogens with zero attached hydrogens (tertiary/aromatic N) is 3. The summed E-state index contributed by atoms with van der Waals surface area (Å²) in [6.45, 7) is 5.31. The maximum absolute atomic E-state index is 11.5. The topological polar surface area (TPSA) is 71.8 Å². The Morgan fingerprint density at radius 1 is 1.62 bits per heavy atom. The van der Waals surface area contributed by atoms with Crippen LogP contribution in [-0.2, 0) is 18.4 Å². The van der Waals surface area contributed by atoms with E-state index in [1.807, 2.05) is 20.9 Å². The molecule has 0 radical (unpaired) electrons. The van der Waals surface area contributed by atoms with Crippen LogP contribution in [-0.4, -0.2) is 33.3 Å². The molecule has 0 aliphatic heterocycles. The fourth-order valence-corrected chi connectivity index (χ4v) is 1.42. The minimum absolute atomic E-state index is 0.0245. The average Bonchev–Trinajstić information content (AvgIpc) is 2.61. The van der Waals surface area contributed by atoms with Gasteiger partial charge in [0.2, 0.25) is 5.91 Å². The van der Waals surface area contributed by atoms with Gasteiger partial charge in [-0.2, -0.15) is 0 Å². The van der Waals surface area contributed by atoms with Crippen LogP contribution in [0.1, 0.15) is 26.1 Å². The van der Waals surface area contributed by atoms with E-state index in [1.165, 1.54) is 0 Å². The molecular formula is C10H19N5O. The van der Waals surface area contributed by atoms with Gasteiger partial charge < -0.3 is 15.2 Å². The summed E-state index contributed by atoms with van der Waals surface area (Å²) >= 11 is 0. The Bertz CT molecular complexity index is 336. The molecule has 0 saturated carbocycles. The van der Waals surface area contributed by atoms with Crippen molar-refractivity contribution in [3.8, 4) is 0 Å². The number of hydrogen-bond acceptors (Lipinski definition) is 4. The second kappa shape index (κ2) is 6.22. The maximum Gasteiger partial charge on any atom is 0.221 e. The first-order valence-electron chi connectivity index (χ1n) is 5.46. The van der Waals surface area contributed by atoms with Gasteiger partial charge >= 0.3 is 0 Å². The van der Waals surface area contributed by atoms with Crippen molar-refractivity contribution in [3.63, 3.8) is 0 Å². The molecule has 0 aliphatic rings. The monoisotopic (exact) mass is 225 g/mol. The Balaban J connectivity index is 2.28. The minimum Gasteiger partial charge on any atom is -0.349 e. The van der Waals surface area contributed by atoms with E-state index in [0.29, 0.717) is 13.0 Å². The highest BCUT2D eigenvalue weighted by molar-refractivity contribution is 5.76. The Morgan fingerprint density at radius 3 is 2.94 bits per heavy atom. The number of hydrogen-bond donors (Lipinski definition) is 2. The normalized spacial score (nSPS) is 12.4. The molecule has 0 aliphatic carbocycles. The summed E-state index contributed by atoms with van der Waals surface area (Å²) < 4.78 is 1.79. The summed E-state index contributed by atoms with van der Waals surface area (Å²) in [4.78, 5) is 11.5. The van der Waals surface area contributed by atoms with Crippen molar-refractivity contribution in [2.24, 2.45) is 7.05 Å². The van der Waals surface area contributed by atoms with E-state index < -0.39 is 0 Å². The van der Waals surface area contributed by atoms with Crippen LogP contribution in [0.15, 0.2) is 6.33 Å². The standard InChI is InChI=1S/C10H19N5O/c1-4-11-8(2)5-10(16)12-6-9-14-13-7-15(9)3/h7-8,11H,4-6H2,1-3H3,(H,12,16). The van der Waals surface area contributed by atoms with Crippen LogP contribution in [0.25, 0.3) is 0 Å². The Labute approximate surface area is 95.4 Å². The van der Waals surface area contributed by atoms with E-state index >= 15 is 0 Å². The molecule has 1 amide bonds. The SMILES string of the molecule is CCNC(C)CC(=O)NCc1nncn1C. The number of carbonyl (C=O) groups is 1. The molecule has 0 spiro atoms. The molecule has 0 fully saturated rings. The largest absolute Gasteiger partial charge is 0.349 e. The van der Waals surface area contributed by atoms with E-state index in [9.17, 15) is 4.79 Å². The summed E-state index contributed by atoms with van der Waals surface area (Å²) in [5.74, 6) is 0.779. The van der Waals surface area contributed by atoms with Crippen LogP contribution in [0.3, 0.4) is 0 Å². The maximum atomic E-state index is 11.5. The van der Waals surface area contributed by atoms with E-state index in [0.717, 1.165) is 12.4 Å². The number of nitrogens with one attached hydrogen (secondary N) is 2. The van der Waals surface area contributed by atoms with E-state index in [-0.39, 0.29) is 11.9 Å². The van der Waals surface area contributed by atoms with Crippen LogP contribution < -0.4 is 10.6 Å². The van der Waals surface area contributed by atoms with Gasteiger partial charge in [0.15, 0.2) is 5.82 Å². The second-order valence-corrected chi connectivity index (χ2v) is 3.80. The molecule has 6 heteroatoms. The van der Waals surface area contributed by atoms with Crippen molar-refractivity contribution in [2.75, 3.05) is 6.54 Å². The van der Waals surface area contributed by atoms with Gasteiger partial charge in [0.25, 0.3) is 0 Å². The zero-order valence-electron chi connectivity index (χ0n) is 10.0. The molecule has 0 saturated heterocycles. The zero-order valence-corrected chi connectivity index (χ0v) is 10.0. The molecule has 1 rings (SSSR count). The third-order valence-corrected chi connectivity index (χ3v) is 2.29. The molecular weight excluding hydrogens is 206 g/mol. The van der Waals surface area contributed by atoms with Crippen LogP contribution in [0, 0.1) is 0 Å². The Morgan fingerprint density at radius 2 is 2.38 bits per heavy atom. The third-order valence-electron chi connectivity index (χ3n) is 2.29. The highest BCUT2D eigenvalue weighted by Crippen LogP contribution is 1.93. The van der Waals surface area contributed by atoms with Gasteiger partial charge in [-0.15, -0.1) is 10.2 Å². The highest BCUT2D eigenvalue weighted by Gasteiger charge is 2.08. The summed E-state index contributed by atoms with van der Waals surface area (Å²) in [5.41, 5.74) is 0. The lowest BCUT2D eigenvalue weighted by Crippen LogP contribution is -2.33. The Hall–Kier alpha value is -1.43. The van der Waals surface area contributed by atoms with E-state index in [1.54, 1.807) is 10.9 Å². The van der Waals surface area contributed by atoms with Gasteiger partial charge in [-0.1, -0.05) is 6.92 Å². The minimum atomic E-state index is 0.0245. The molecule has 1 aromatic rings. The summed E-state index contributed by atoms with van der Waals surface area (Å²) in [7, 11) is 1.85. The average molecular weight is 225 g/mol. The lowest BCUT2D eigenvalue weighted by Gasteiger charge is -2.11. The highest BCUT2D eigenvalue weighted by atomic mass is 16.1. The van der Waals surface area contributed by atoms with Gasteiger partial charge in [-0.25, -0.2) is 0 Å². The molecule has 16 heavy (non-hydrogen) atoms. The molecule has 1 aromatic heterocycles. The van der Waals surface area contributed by atoms with Crippen molar-refractivity contribution in [2.45, 2.75) is 32.9 Å². The first-order valence-corrected chi connectivity index (χ1v) is 5.46. The molecule has 90 valence electrons. The molecule has 6 nitrogen and oxygen atoms in total. The predicted octanol–water partition coefficient (Wildman–Crippen LogP) is -0.181. The molecule has 1 heterocycles. The van der Waals surface area contributed by atoms with Crippen molar-refractivity contribution in [3.05, 3.63) is 12.2 Å². The molecule has 0 aromatic carbocycles. The van der Waals surface area contributed by atoms with Gasteiger partial charge in [-0.3, -0.25) is 4.79 Å². The lowest BCUT2D eigenvalue weighted by molar-refractivity contribution is -0.121. The first kappa shape index (κ1) is 12.6. The Kier molecular flexibility index (Phi) is 4.91. The quantitative estimate of drug-likeness (QED) is 0.704. The van der Waals surface area contributed by atoms with Crippen LogP contribution >= 0.6 is 0 Å². The lowest BCUT2D eigenvalue weighted by atomic mass is 10.2. The fourth-order valence-electron chi connectivity index (χ4n) is 1.42. The smallest absolute Gasteiger partial charge is 0.221 e. The van der Waals surface area contributed by atoms with Crippen molar-refractivity contribution in [1.82, 2.24) is 25.4 Å².